The molecule has 2 heterocycles. The number of anilines is 2. The highest BCUT2D eigenvalue weighted by Gasteiger charge is 2.16. The number of para-hydroxylation sites is 1. The summed E-state index contributed by atoms with van der Waals surface area (Å²) in [5.41, 5.74) is 1.11. The summed E-state index contributed by atoms with van der Waals surface area (Å²) >= 11 is 12.4. The smallest absolute Gasteiger partial charge is 0.323 e. The van der Waals surface area contributed by atoms with Gasteiger partial charge in [0.1, 0.15) is 0 Å². The maximum atomic E-state index is 12.3. The lowest BCUT2D eigenvalue weighted by Gasteiger charge is -2.10. The summed E-state index contributed by atoms with van der Waals surface area (Å²) in [5.74, 6) is 0.461. The zero-order valence-corrected chi connectivity index (χ0v) is 14.4. The Labute approximate surface area is 150 Å². The minimum atomic E-state index is -0.555. The van der Waals surface area contributed by atoms with Crippen molar-refractivity contribution in [2.75, 3.05) is 5.32 Å². The number of benzene rings is 2. The van der Waals surface area contributed by atoms with Gasteiger partial charge in [0.15, 0.2) is 0 Å². The van der Waals surface area contributed by atoms with Crippen molar-refractivity contribution in [2.24, 2.45) is 7.05 Å². The van der Waals surface area contributed by atoms with Crippen LogP contribution in [0.1, 0.15) is 0 Å². The van der Waals surface area contributed by atoms with E-state index in [4.69, 9.17) is 23.2 Å². The van der Waals surface area contributed by atoms with E-state index < -0.39 is 11.2 Å². The number of rotatable bonds is 2. The van der Waals surface area contributed by atoms with Gasteiger partial charge in [-0.1, -0.05) is 29.3 Å². The number of aryl methyl sites for hydroxylation is 1. The molecule has 0 saturated heterocycles. The Bertz CT molecular complexity index is 1240. The molecule has 0 spiro atoms. The van der Waals surface area contributed by atoms with Crippen molar-refractivity contribution in [1.82, 2.24) is 19.5 Å². The lowest BCUT2D eigenvalue weighted by atomic mass is 10.2. The van der Waals surface area contributed by atoms with Crippen molar-refractivity contribution in [2.45, 2.75) is 0 Å². The van der Waals surface area contributed by atoms with Crippen molar-refractivity contribution in [3.8, 4) is 0 Å². The van der Waals surface area contributed by atoms with Gasteiger partial charge < -0.3 is 14.9 Å². The molecule has 7 nitrogen and oxygen atoms in total. The molecule has 0 atom stereocenters. The normalized spacial score (nSPS) is 11.3. The van der Waals surface area contributed by atoms with Crippen LogP contribution in [-0.4, -0.2) is 19.5 Å². The van der Waals surface area contributed by atoms with Crippen molar-refractivity contribution < 1.29 is 0 Å². The van der Waals surface area contributed by atoms with Gasteiger partial charge in [0, 0.05) is 7.05 Å². The van der Waals surface area contributed by atoms with E-state index in [1.165, 1.54) is 0 Å². The molecule has 0 saturated carbocycles. The minimum absolute atomic E-state index is 0.352. The van der Waals surface area contributed by atoms with Crippen LogP contribution in [0.3, 0.4) is 0 Å². The molecule has 4 aromatic rings. The molecule has 0 aliphatic heterocycles. The summed E-state index contributed by atoms with van der Waals surface area (Å²) in [7, 11) is 1.76. The number of H-pyrrole nitrogens is 2. The fraction of sp³-hybridized carbons (Fsp3) is 0.0625. The topological polar surface area (TPSA) is 95.6 Å². The van der Waals surface area contributed by atoms with Crippen molar-refractivity contribution >= 4 is 56.8 Å². The summed E-state index contributed by atoms with van der Waals surface area (Å²) in [6, 6.07) is 8.54. The van der Waals surface area contributed by atoms with Crippen LogP contribution in [-0.2, 0) is 7.05 Å². The summed E-state index contributed by atoms with van der Waals surface area (Å²) in [6.45, 7) is 0. The number of nitrogens with one attached hydrogen (secondary N) is 3. The highest BCUT2D eigenvalue weighted by Crippen LogP contribution is 2.33. The fourth-order valence-corrected chi connectivity index (χ4v) is 3.29. The van der Waals surface area contributed by atoms with Crippen LogP contribution < -0.4 is 16.6 Å². The van der Waals surface area contributed by atoms with Crippen LogP contribution in [0.25, 0.3) is 21.9 Å². The Morgan fingerprint density at radius 2 is 1.80 bits per heavy atom. The van der Waals surface area contributed by atoms with Crippen molar-refractivity contribution in [3.63, 3.8) is 0 Å². The predicted octanol–water partition coefficient (Wildman–Crippen LogP) is 3.15. The molecule has 0 amide bonds. The SMILES string of the molecule is Cn1c(Nc2c(Cl)cccc2Cl)nc2ccc3[nH]c(=O)[nH]c(=O)c3c21. The Morgan fingerprint density at radius 3 is 2.52 bits per heavy atom. The van der Waals surface area contributed by atoms with Crippen LogP contribution in [0.4, 0.5) is 11.6 Å². The van der Waals surface area contributed by atoms with E-state index in [1.54, 1.807) is 41.9 Å². The van der Waals surface area contributed by atoms with Crippen LogP contribution >= 0.6 is 23.2 Å². The van der Waals surface area contributed by atoms with Gasteiger partial charge in [-0.25, -0.2) is 9.78 Å². The molecule has 0 bridgehead atoms. The highest BCUT2D eigenvalue weighted by molar-refractivity contribution is 6.39. The van der Waals surface area contributed by atoms with Gasteiger partial charge in [-0.05, 0) is 24.3 Å². The molecule has 0 unspecified atom stereocenters. The van der Waals surface area contributed by atoms with Crippen LogP contribution in [0, 0.1) is 0 Å². The standard InChI is InChI=1S/C16H11Cl2N5O2/c1-23-13-10(6-5-9-11(13)14(24)22-16(25)20-9)19-15(23)21-12-7(17)3-2-4-8(12)18/h2-6H,1H3,(H,19,21)(H2,20,22,24,25). The van der Waals surface area contributed by atoms with E-state index in [-0.39, 0.29) is 0 Å². The van der Waals surface area contributed by atoms with E-state index >= 15 is 0 Å². The first kappa shape index (κ1) is 15.7. The second-order valence-corrected chi connectivity index (χ2v) is 6.29. The molecule has 25 heavy (non-hydrogen) atoms. The molecule has 4 rings (SSSR count). The van der Waals surface area contributed by atoms with Gasteiger partial charge >= 0.3 is 5.69 Å². The van der Waals surface area contributed by atoms with Gasteiger partial charge in [0.2, 0.25) is 5.95 Å². The van der Waals surface area contributed by atoms with Gasteiger partial charge in [-0.3, -0.25) is 9.78 Å². The number of hydrogen-bond donors (Lipinski definition) is 3. The molecule has 0 aliphatic rings. The minimum Gasteiger partial charge on any atom is -0.323 e. The van der Waals surface area contributed by atoms with E-state index in [0.717, 1.165) is 0 Å². The van der Waals surface area contributed by atoms with Gasteiger partial charge in [-0.2, -0.15) is 0 Å². The van der Waals surface area contributed by atoms with Crippen molar-refractivity contribution in [1.29, 1.82) is 0 Å². The largest absolute Gasteiger partial charge is 0.326 e. The zero-order valence-electron chi connectivity index (χ0n) is 12.9. The second-order valence-electron chi connectivity index (χ2n) is 5.48. The van der Waals surface area contributed by atoms with E-state index in [9.17, 15) is 9.59 Å². The highest BCUT2D eigenvalue weighted by atomic mass is 35.5. The molecule has 9 heteroatoms. The number of halogens is 2. The van der Waals surface area contributed by atoms with Crippen molar-refractivity contribution in [3.05, 3.63) is 61.2 Å². The molecule has 126 valence electrons. The number of aromatic nitrogens is 4. The number of aromatic amines is 2. The molecule has 0 radical (unpaired) electrons. The van der Waals surface area contributed by atoms with Gasteiger partial charge in [-0.15, -0.1) is 0 Å². The third-order valence-electron chi connectivity index (χ3n) is 3.94. The number of hydrogen-bond acceptors (Lipinski definition) is 4. The second kappa shape index (κ2) is 5.65. The maximum absolute atomic E-state index is 12.3. The third kappa shape index (κ3) is 2.48. The molecule has 2 aromatic carbocycles. The first-order valence-corrected chi connectivity index (χ1v) is 8.04. The lowest BCUT2D eigenvalue weighted by molar-refractivity contribution is 0.959. The quantitative estimate of drug-likeness (QED) is 0.501. The summed E-state index contributed by atoms with van der Waals surface area (Å²) in [5, 5.41) is 4.35. The molecule has 2 aromatic heterocycles. The molecule has 3 N–H and O–H groups in total. The molecular formula is C16H11Cl2N5O2. The average Bonchev–Trinajstić information content (AvgIpc) is 2.87. The summed E-state index contributed by atoms with van der Waals surface area (Å²) in [4.78, 5) is 33.1. The first-order chi connectivity index (χ1) is 12.0. The zero-order chi connectivity index (χ0) is 17.7. The summed E-state index contributed by atoms with van der Waals surface area (Å²) < 4.78 is 1.71. The van der Waals surface area contributed by atoms with E-state index in [0.29, 0.717) is 43.6 Å². The first-order valence-electron chi connectivity index (χ1n) is 7.28. The third-order valence-corrected chi connectivity index (χ3v) is 4.57. The van der Waals surface area contributed by atoms with E-state index in [1.807, 2.05) is 0 Å². The number of fused-ring (bicyclic) bond motifs is 3. The molecule has 0 aliphatic carbocycles. The maximum Gasteiger partial charge on any atom is 0.326 e. The predicted molar refractivity (Wildman–Crippen MR) is 99.2 cm³/mol. The summed E-state index contributed by atoms with van der Waals surface area (Å²) in [6.07, 6.45) is 0. The fourth-order valence-electron chi connectivity index (χ4n) is 2.80. The Morgan fingerprint density at radius 1 is 1.08 bits per heavy atom. The van der Waals surface area contributed by atoms with E-state index in [2.05, 4.69) is 20.3 Å². The Balaban J connectivity index is 1.99. The molecular weight excluding hydrogens is 365 g/mol. The average molecular weight is 376 g/mol. The molecule has 0 fully saturated rings. The lowest BCUT2D eigenvalue weighted by Crippen LogP contribution is -2.22. The Hall–Kier alpha value is -2.77. The Kier molecular flexibility index (Phi) is 3.55. The monoisotopic (exact) mass is 375 g/mol. The number of nitrogens with zero attached hydrogens (tertiary/aromatic N) is 2. The van der Waals surface area contributed by atoms with Crippen LogP contribution in [0.15, 0.2) is 39.9 Å². The van der Waals surface area contributed by atoms with Crippen LogP contribution in [0.5, 0.6) is 0 Å². The number of imidazole rings is 1. The van der Waals surface area contributed by atoms with Gasteiger partial charge in [0.25, 0.3) is 5.56 Å². The van der Waals surface area contributed by atoms with Crippen LogP contribution in [0.2, 0.25) is 10.0 Å². The van der Waals surface area contributed by atoms with Gasteiger partial charge in [0.05, 0.1) is 37.7 Å².